The maximum Gasteiger partial charge on any atom is 0.416 e. The number of nitrogens with zero attached hydrogens (tertiary/aromatic N) is 1. The third-order valence-electron chi connectivity index (χ3n) is 9.65. The highest BCUT2D eigenvalue weighted by Crippen LogP contribution is 2.60. The van der Waals surface area contributed by atoms with Crippen LogP contribution in [0.3, 0.4) is 0 Å². The number of carbonyl (C=O) groups is 1. The molecule has 4 nitrogen and oxygen atoms in total. The van der Waals surface area contributed by atoms with Gasteiger partial charge in [-0.3, -0.25) is 4.90 Å². The van der Waals surface area contributed by atoms with Crippen LogP contribution >= 0.6 is 0 Å². The predicted octanol–water partition coefficient (Wildman–Crippen LogP) is 8.51. The van der Waals surface area contributed by atoms with E-state index in [1.165, 1.54) is 6.07 Å². The standard InChI is InChI=1S/C32H35F4NO3/c1-18-11-20(13-22(12-18)32(34,35)36)28-19(2)37(29(38)40-28)17-21-16-31(9-10-31)6-5-23(21)24-14-25(30(3)7-8-30)26(33)15-27(24)39-4/h11-15,19,28H,5-10,16-17H2,1-4H3/t19-,28-/m0/s1. The van der Waals surface area contributed by atoms with Crippen LogP contribution in [0.15, 0.2) is 35.9 Å². The Labute approximate surface area is 232 Å². The van der Waals surface area contributed by atoms with Crippen molar-refractivity contribution in [2.75, 3.05) is 13.7 Å². The Morgan fingerprint density at radius 3 is 2.42 bits per heavy atom. The Morgan fingerprint density at radius 1 is 1.07 bits per heavy atom. The first-order chi connectivity index (χ1) is 18.8. The van der Waals surface area contributed by atoms with Crippen LogP contribution in [0.1, 0.15) is 92.7 Å². The van der Waals surface area contributed by atoms with Crippen molar-refractivity contribution in [2.24, 2.45) is 5.41 Å². The number of methoxy groups -OCH3 is 1. The summed E-state index contributed by atoms with van der Waals surface area (Å²) in [7, 11) is 1.55. The highest BCUT2D eigenvalue weighted by Gasteiger charge is 2.48. The van der Waals surface area contributed by atoms with E-state index in [-0.39, 0.29) is 16.6 Å². The molecule has 6 rings (SSSR count). The zero-order valence-electron chi connectivity index (χ0n) is 23.4. The number of cyclic esters (lactones) is 1. The summed E-state index contributed by atoms with van der Waals surface area (Å²) >= 11 is 0. The molecule has 8 heteroatoms. The fourth-order valence-electron chi connectivity index (χ4n) is 6.68. The molecule has 3 fully saturated rings. The molecule has 3 aliphatic carbocycles. The van der Waals surface area contributed by atoms with Gasteiger partial charge < -0.3 is 9.47 Å². The number of aryl methyl sites for hydroxylation is 1. The van der Waals surface area contributed by atoms with Gasteiger partial charge in [0, 0.05) is 18.2 Å². The van der Waals surface area contributed by atoms with Gasteiger partial charge in [0.15, 0.2) is 0 Å². The largest absolute Gasteiger partial charge is 0.496 e. The van der Waals surface area contributed by atoms with Crippen molar-refractivity contribution in [2.45, 2.75) is 89.5 Å². The topological polar surface area (TPSA) is 38.8 Å². The molecule has 2 atom stereocenters. The quantitative estimate of drug-likeness (QED) is 0.334. The van der Waals surface area contributed by atoms with E-state index in [0.717, 1.165) is 73.8 Å². The van der Waals surface area contributed by atoms with E-state index in [1.807, 2.05) is 13.0 Å². The summed E-state index contributed by atoms with van der Waals surface area (Å²) in [4.78, 5) is 14.8. The number of benzene rings is 2. The SMILES string of the molecule is COc1cc(F)c(C2(C)CC2)cc1C1=C(CN2C(=O)O[C@H](c3cc(C)cc(C(F)(F)F)c3)[C@@H]2C)CC2(CC1)CC2. The van der Waals surface area contributed by atoms with E-state index in [0.29, 0.717) is 29.0 Å². The van der Waals surface area contributed by atoms with Crippen molar-refractivity contribution >= 4 is 11.7 Å². The minimum atomic E-state index is -4.49. The number of halogens is 4. The van der Waals surface area contributed by atoms with Crippen LogP contribution < -0.4 is 4.74 Å². The third kappa shape index (κ3) is 4.77. The first-order valence-corrected chi connectivity index (χ1v) is 14.1. The molecule has 2 aromatic rings. The molecule has 0 unspecified atom stereocenters. The first-order valence-electron chi connectivity index (χ1n) is 14.1. The van der Waals surface area contributed by atoms with Gasteiger partial charge in [-0.1, -0.05) is 18.6 Å². The van der Waals surface area contributed by atoms with E-state index < -0.39 is 30.0 Å². The molecule has 1 heterocycles. The van der Waals surface area contributed by atoms with E-state index in [9.17, 15) is 18.0 Å². The van der Waals surface area contributed by atoms with Crippen molar-refractivity contribution in [1.82, 2.24) is 4.90 Å². The lowest BCUT2D eigenvalue weighted by atomic mass is 9.78. The van der Waals surface area contributed by atoms with Gasteiger partial charge in [-0.25, -0.2) is 9.18 Å². The second-order valence-corrected chi connectivity index (χ2v) is 12.7. The first kappa shape index (κ1) is 27.2. The van der Waals surface area contributed by atoms with Crippen LogP contribution in [0.5, 0.6) is 5.75 Å². The average molecular weight is 558 g/mol. The van der Waals surface area contributed by atoms with Crippen LogP contribution in [0.2, 0.25) is 0 Å². The number of ether oxygens (including phenoxy) is 2. The number of allylic oxidation sites excluding steroid dienone is 1. The average Bonchev–Trinajstić information content (AvgIpc) is 3.81. The normalized spacial score (nSPS) is 24.9. The Morgan fingerprint density at radius 2 is 1.80 bits per heavy atom. The van der Waals surface area contributed by atoms with Crippen molar-refractivity contribution < 1.29 is 31.8 Å². The minimum absolute atomic E-state index is 0.165. The van der Waals surface area contributed by atoms with E-state index in [4.69, 9.17) is 9.47 Å². The van der Waals surface area contributed by atoms with Gasteiger partial charge in [0.25, 0.3) is 0 Å². The molecule has 0 N–H and O–H groups in total. The highest BCUT2D eigenvalue weighted by atomic mass is 19.4. The second kappa shape index (κ2) is 9.25. The van der Waals surface area contributed by atoms with Gasteiger partial charge in [0.2, 0.25) is 0 Å². The summed E-state index contributed by atoms with van der Waals surface area (Å²) in [6.45, 7) is 5.83. The summed E-state index contributed by atoms with van der Waals surface area (Å²) in [5, 5.41) is 0. The lowest BCUT2D eigenvalue weighted by Crippen LogP contribution is -2.35. The maximum absolute atomic E-state index is 15.1. The molecule has 0 aromatic heterocycles. The summed E-state index contributed by atoms with van der Waals surface area (Å²) in [5.41, 5.74) is 3.89. The summed E-state index contributed by atoms with van der Waals surface area (Å²) in [6.07, 6.45) is 1.00. The molecule has 4 aliphatic rings. The lowest BCUT2D eigenvalue weighted by Gasteiger charge is -2.32. The van der Waals surface area contributed by atoms with E-state index >= 15 is 4.39 Å². The molecule has 0 bridgehead atoms. The van der Waals surface area contributed by atoms with Crippen LogP contribution in [0.4, 0.5) is 22.4 Å². The maximum atomic E-state index is 15.1. The molecule has 1 spiro atoms. The van der Waals surface area contributed by atoms with Crippen LogP contribution in [0, 0.1) is 18.2 Å². The molecule has 1 aliphatic heterocycles. The third-order valence-corrected chi connectivity index (χ3v) is 9.65. The fourth-order valence-corrected chi connectivity index (χ4v) is 6.68. The monoisotopic (exact) mass is 557 g/mol. The second-order valence-electron chi connectivity index (χ2n) is 12.7. The number of alkyl halides is 3. The van der Waals surface area contributed by atoms with Crippen LogP contribution in [0.25, 0.3) is 5.57 Å². The van der Waals surface area contributed by atoms with Crippen LogP contribution in [-0.2, 0) is 16.3 Å². The Kier molecular flexibility index (Phi) is 6.28. The van der Waals surface area contributed by atoms with E-state index in [2.05, 4.69) is 6.92 Å². The Balaban J connectivity index is 1.36. The van der Waals surface area contributed by atoms with Crippen LogP contribution in [-0.4, -0.2) is 30.7 Å². The summed E-state index contributed by atoms with van der Waals surface area (Å²) in [6, 6.07) is 6.81. The fraction of sp³-hybridized carbons (Fsp3) is 0.531. The van der Waals surface area contributed by atoms with Gasteiger partial charge >= 0.3 is 12.3 Å². The van der Waals surface area contributed by atoms with Crippen molar-refractivity contribution in [1.29, 1.82) is 0 Å². The highest BCUT2D eigenvalue weighted by molar-refractivity contribution is 5.77. The number of hydrogen-bond donors (Lipinski definition) is 0. The lowest BCUT2D eigenvalue weighted by molar-refractivity contribution is -0.137. The van der Waals surface area contributed by atoms with Gasteiger partial charge in [0.05, 0.1) is 18.7 Å². The molecular formula is C32H35F4NO3. The molecule has 0 radical (unpaired) electrons. The molecule has 2 aromatic carbocycles. The number of carbonyl (C=O) groups excluding carboxylic acids is 1. The molecule has 2 saturated carbocycles. The van der Waals surface area contributed by atoms with Gasteiger partial charge in [-0.05, 0) is 110 Å². The smallest absolute Gasteiger partial charge is 0.416 e. The zero-order valence-corrected chi connectivity index (χ0v) is 23.4. The van der Waals surface area contributed by atoms with E-state index in [1.54, 1.807) is 25.0 Å². The minimum Gasteiger partial charge on any atom is -0.496 e. The summed E-state index contributed by atoms with van der Waals surface area (Å²) < 4.78 is 67.0. The molecule has 40 heavy (non-hydrogen) atoms. The Hall–Kier alpha value is -3.03. The van der Waals surface area contributed by atoms with Gasteiger partial charge in [0.1, 0.15) is 17.7 Å². The Bertz CT molecular complexity index is 1400. The molecule has 214 valence electrons. The number of hydrogen-bond acceptors (Lipinski definition) is 3. The number of amides is 1. The van der Waals surface area contributed by atoms with Crippen molar-refractivity contribution in [3.05, 3.63) is 69.5 Å². The summed E-state index contributed by atoms with van der Waals surface area (Å²) in [5.74, 6) is 0.229. The molecule has 1 saturated heterocycles. The predicted molar refractivity (Wildman–Crippen MR) is 144 cm³/mol. The number of rotatable bonds is 6. The van der Waals surface area contributed by atoms with Crippen molar-refractivity contribution in [3.63, 3.8) is 0 Å². The molecular weight excluding hydrogens is 522 g/mol. The zero-order chi connectivity index (χ0) is 28.6. The molecule has 1 amide bonds. The van der Waals surface area contributed by atoms with Gasteiger partial charge in [-0.2, -0.15) is 13.2 Å². The van der Waals surface area contributed by atoms with Gasteiger partial charge in [-0.15, -0.1) is 0 Å². The van der Waals surface area contributed by atoms with Crippen molar-refractivity contribution in [3.8, 4) is 5.75 Å².